The number of carbonyl (C=O) groups excluding carboxylic acids is 2. The Morgan fingerprint density at radius 2 is 1.75 bits per heavy atom. The maximum Gasteiger partial charge on any atom is 0.243 e. The zero-order valence-electron chi connectivity index (χ0n) is 23.9. The van der Waals surface area contributed by atoms with E-state index in [1.165, 1.54) is 17.0 Å². The van der Waals surface area contributed by atoms with Crippen molar-refractivity contribution in [2.45, 2.75) is 90.8 Å². The van der Waals surface area contributed by atoms with Crippen molar-refractivity contribution in [2.75, 3.05) is 17.1 Å². The van der Waals surface area contributed by atoms with E-state index >= 15 is 0 Å². The Labute approximate surface area is 249 Å². The number of sulfonamides is 1. The maximum absolute atomic E-state index is 13.7. The van der Waals surface area contributed by atoms with Crippen molar-refractivity contribution in [1.82, 2.24) is 10.2 Å². The van der Waals surface area contributed by atoms with Crippen LogP contribution in [0.25, 0.3) is 0 Å². The van der Waals surface area contributed by atoms with Gasteiger partial charge in [-0.1, -0.05) is 67.6 Å². The minimum atomic E-state index is -3.57. The Kier molecular flexibility index (Phi) is 11.7. The highest BCUT2D eigenvalue weighted by molar-refractivity contribution is 7.92. The van der Waals surface area contributed by atoms with E-state index in [0.29, 0.717) is 34.1 Å². The molecule has 2 amide bonds. The van der Waals surface area contributed by atoms with Crippen LogP contribution in [0.5, 0.6) is 0 Å². The Bertz CT molecular complexity index is 1300. The maximum atomic E-state index is 13.7. The van der Waals surface area contributed by atoms with E-state index in [2.05, 4.69) is 5.32 Å². The number of aryl methyl sites for hydroxylation is 2. The van der Waals surface area contributed by atoms with Gasteiger partial charge in [-0.15, -0.1) is 0 Å². The number of hydrogen-bond acceptors (Lipinski definition) is 4. The first-order valence-electron chi connectivity index (χ1n) is 14.0. The van der Waals surface area contributed by atoms with Crippen molar-refractivity contribution in [3.05, 3.63) is 63.1 Å². The molecule has 1 N–H and O–H groups in total. The van der Waals surface area contributed by atoms with Crippen molar-refractivity contribution in [2.24, 2.45) is 0 Å². The quantitative estimate of drug-likeness (QED) is 0.301. The van der Waals surface area contributed by atoms with Crippen LogP contribution in [0.15, 0.2) is 36.4 Å². The zero-order valence-corrected chi connectivity index (χ0v) is 26.2. The lowest BCUT2D eigenvalue weighted by molar-refractivity contribution is -0.141. The lowest BCUT2D eigenvalue weighted by Gasteiger charge is -2.33. The molecule has 1 aliphatic rings. The number of amides is 2. The van der Waals surface area contributed by atoms with Crippen LogP contribution in [-0.2, 0) is 26.2 Å². The molecule has 1 aliphatic carbocycles. The van der Waals surface area contributed by atoms with E-state index in [1.54, 1.807) is 23.1 Å². The highest BCUT2D eigenvalue weighted by Gasteiger charge is 2.31. The van der Waals surface area contributed by atoms with Crippen LogP contribution in [0, 0.1) is 13.8 Å². The van der Waals surface area contributed by atoms with Gasteiger partial charge in [-0.3, -0.25) is 13.9 Å². The van der Waals surface area contributed by atoms with E-state index in [1.807, 2.05) is 39.0 Å². The van der Waals surface area contributed by atoms with Crippen molar-refractivity contribution >= 4 is 50.7 Å². The van der Waals surface area contributed by atoms with Crippen LogP contribution in [0.3, 0.4) is 0 Å². The molecule has 2 aromatic rings. The van der Waals surface area contributed by atoms with E-state index < -0.39 is 16.1 Å². The molecular weight excluding hydrogens is 569 g/mol. The first-order valence-corrected chi connectivity index (χ1v) is 16.6. The first kappa shape index (κ1) is 32.2. The predicted molar refractivity (Wildman–Crippen MR) is 163 cm³/mol. The van der Waals surface area contributed by atoms with Crippen molar-refractivity contribution in [1.29, 1.82) is 0 Å². The molecule has 0 aromatic heterocycles. The van der Waals surface area contributed by atoms with Gasteiger partial charge in [0.15, 0.2) is 0 Å². The van der Waals surface area contributed by atoms with Crippen LogP contribution in [0.4, 0.5) is 5.69 Å². The largest absolute Gasteiger partial charge is 0.352 e. The summed E-state index contributed by atoms with van der Waals surface area (Å²) >= 11 is 12.5. The SMILES string of the molecule is CC[C@@H](C(=O)NC1CCCCC1)N(Cc1ccc(Cl)cc1Cl)C(=O)CCCN(c1cc(C)ccc1C)S(C)(=O)=O. The van der Waals surface area contributed by atoms with Gasteiger partial charge < -0.3 is 10.2 Å². The van der Waals surface area contributed by atoms with Crippen LogP contribution in [0.2, 0.25) is 10.0 Å². The Morgan fingerprint density at radius 1 is 1.05 bits per heavy atom. The summed E-state index contributed by atoms with van der Waals surface area (Å²) in [5, 5.41) is 4.08. The van der Waals surface area contributed by atoms with Crippen LogP contribution in [0.1, 0.15) is 75.0 Å². The second kappa shape index (κ2) is 14.6. The highest BCUT2D eigenvalue weighted by atomic mass is 35.5. The van der Waals surface area contributed by atoms with Crippen molar-refractivity contribution in [3.63, 3.8) is 0 Å². The third-order valence-corrected chi connectivity index (χ3v) is 9.25. The number of anilines is 1. The summed E-state index contributed by atoms with van der Waals surface area (Å²) in [6.07, 6.45) is 7.22. The molecule has 7 nitrogen and oxygen atoms in total. The van der Waals surface area contributed by atoms with E-state index in [0.717, 1.165) is 36.8 Å². The molecule has 1 saturated carbocycles. The second-order valence-corrected chi connectivity index (χ2v) is 13.5. The van der Waals surface area contributed by atoms with Gasteiger partial charge in [0.1, 0.15) is 6.04 Å². The molecule has 1 atom stereocenters. The number of benzene rings is 2. The number of rotatable bonds is 12. The summed E-state index contributed by atoms with van der Waals surface area (Å²) in [5.41, 5.74) is 3.09. The van der Waals surface area contributed by atoms with E-state index in [4.69, 9.17) is 23.2 Å². The third-order valence-electron chi connectivity index (χ3n) is 7.48. The Hall–Kier alpha value is -2.29. The fourth-order valence-corrected chi connectivity index (χ4v) is 6.75. The van der Waals surface area contributed by atoms with Gasteiger partial charge in [-0.25, -0.2) is 8.42 Å². The van der Waals surface area contributed by atoms with Crippen LogP contribution < -0.4 is 9.62 Å². The smallest absolute Gasteiger partial charge is 0.243 e. The normalized spacial score (nSPS) is 14.9. The monoisotopic (exact) mass is 609 g/mol. The van der Waals surface area contributed by atoms with E-state index in [-0.39, 0.29) is 37.4 Å². The molecule has 1 fully saturated rings. The lowest BCUT2D eigenvalue weighted by atomic mass is 9.95. The summed E-state index contributed by atoms with van der Waals surface area (Å²) in [6, 6.07) is 10.2. The zero-order chi connectivity index (χ0) is 29.4. The summed E-state index contributed by atoms with van der Waals surface area (Å²) in [6.45, 7) is 5.97. The second-order valence-electron chi connectivity index (χ2n) is 10.8. The van der Waals surface area contributed by atoms with Gasteiger partial charge in [-0.2, -0.15) is 0 Å². The molecule has 40 heavy (non-hydrogen) atoms. The molecule has 0 saturated heterocycles. The van der Waals surface area contributed by atoms with Crippen molar-refractivity contribution < 1.29 is 18.0 Å². The molecule has 0 aliphatic heterocycles. The first-order chi connectivity index (χ1) is 18.9. The lowest BCUT2D eigenvalue weighted by Crippen LogP contribution is -2.51. The standard InChI is InChI=1S/C30H41Cl2N3O4S/c1-5-27(30(37)33-25-10-7-6-8-11-25)34(20-23-15-16-24(31)19-26(23)32)29(36)12-9-17-35(40(4,38)39)28-18-21(2)13-14-22(28)3/h13-16,18-19,25,27H,5-12,17,20H2,1-4H3,(H,33,37)/t27-/m0/s1. The predicted octanol–water partition coefficient (Wildman–Crippen LogP) is 6.41. The third kappa shape index (κ3) is 8.85. The average Bonchev–Trinajstić information content (AvgIpc) is 2.89. The molecule has 0 unspecified atom stereocenters. The number of carbonyl (C=O) groups is 2. The molecule has 0 radical (unpaired) electrons. The van der Waals surface area contributed by atoms with Crippen molar-refractivity contribution in [3.8, 4) is 0 Å². The number of nitrogens with zero attached hydrogens (tertiary/aromatic N) is 2. The molecule has 2 aromatic carbocycles. The summed E-state index contributed by atoms with van der Waals surface area (Å²) in [4.78, 5) is 28.7. The van der Waals surface area contributed by atoms with Crippen LogP contribution in [-0.4, -0.2) is 50.0 Å². The molecular formula is C30H41Cl2N3O4S. The van der Waals surface area contributed by atoms with Crippen LogP contribution >= 0.6 is 23.2 Å². The summed E-state index contributed by atoms with van der Waals surface area (Å²) in [7, 11) is -3.57. The fourth-order valence-electron chi connectivity index (χ4n) is 5.27. The Balaban J connectivity index is 1.81. The highest BCUT2D eigenvalue weighted by Crippen LogP contribution is 2.27. The minimum absolute atomic E-state index is 0.0787. The summed E-state index contributed by atoms with van der Waals surface area (Å²) < 4.78 is 26.7. The average molecular weight is 611 g/mol. The van der Waals surface area contributed by atoms with Gasteiger partial charge in [0.2, 0.25) is 21.8 Å². The number of halogens is 2. The topological polar surface area (TPSA) is 86.8 Å². The molecule has 220 valence electrons. The molecule has 0 heterocycles. The molecule has 0 bridgehead atoms. The molecule has 3 rings (SSSR count). The summed E-state index contributed by atoms with van der Waals surface area (Å²) in [5.74, 6) is -0.396. The van der Waals surface area contributed by atoms with Gasteiger partial charge in [0.05, 0.1) is 11.9 Å². The molecule has 10 heteroatoms. The van der Waals surface area contributed by atoms with Gasteiger partial charge in [0.25, 0.3) is 0 Å². The number of hydrogen-bond donors (Lipinski definition) is 1. The fraction of sp³-hybridized carbons (Fsp3) is 0.533. The van der Waals surface area contributed by atoms with Gasteiger partial charge in [0, 0.05) is 35.6 Å². The van der Waals surface area contributed by atoms with Gasteiger partial charge in [-0.05, 0) is 74.4 Å². The Morgan fingerprint density at radius 3 is 2.38 bits per heavy atom. The van der Waals surface area contributed by atoms with Gasteiger partial charge >= 0.3 is 0 Å². The minimum Gasteiger partial charge on any atom is -0.352 e. The van der Waals surface area contributed by atoms with E-state index in [9.17, 15) is 18.0 Å². The molecule has 0 spiro atoms. The number of nitrogens with one attached hydrogen (secondary N) is 1.